The molecule has 3 saturated heterocycles. The van der Waals surface area contributed by atoms with Crippen molar-refractivity contribution in [3.05, 3.63) is 39.9 Å². The molecule has 3 aliphatic heterocycles. The van der Waals surface area contributed by atoms with Gasteiger partial charge in [-0.1, -0.05) is 29.3 Å². The molecule has 4 rings (SSSR count). The fourth-order valence-electron chi connectivity index (χ4n) is 5.00. The molecule has 0 unspecified atom stereocenters. The molecule has 8 nitrogen and oxygen atoms in total. The minimum atomic E-state index is -0.515. The van der Waals surface area contributed by atoms with E-state index in [0.717, 1.165) is 31.6 Å². The van der Waals surface area contributed by atoms with Crippen molar-refractivity contribution in [2.45, 2.75) is 32.1 Å². The largest absolute Gasteiger partial charge is 0.341 e. The van der Waals surface area contributed by atoms with Gasteiger partial charge < -0.3 is 14.7 Å². The summed E-state index contributed by atoms with van der Waals surface area (Å²) in [5.74, 6) is -0.362. The Bertz CT molecular complexity index is 1040. The first-order valence-electron chi connectivity index (χ1n) is 12.0. The average molecular weight is 521 g/mol. The van der Waals surface area contributed by atoms with E-state index in [4.69, 9.17) is 23.2 Å². The van der Waals surface area contributed by atoms with E-state index in [0.29, 0.717) is 61.9 Å². The standard InChI is InChI=1S/C25H30Cl2N4O4/c26-19-4-2-18(16-20(19)27)3-5-22(33)31-11-6-23(34)30(14-15-31)10-1-9-29-12-7-25(8-13-29)17-21(32)28-24(25)35/h2-5,16H,1,6-15,17H2,(H,28,32,35)/b5-3+. The van der Waals surface area contributed by atoms with Crippen molar-refractivity contribution < 1.29 is 19.2 Å². The van der Waals surface area contributed by atoms with Gasteiger partial charge in [0.1, 0.15) is 0 Å². The van der Waals surface area contributed by atoms with Gasteiger partial charge in [-0.15, -0.1) is 0 Å². The zero-order chi connectivity index (χ0) is 25.0. The minimum absolute atomic E-state index is 0.0625. The molecular formula is C25H30Cl2N4O4. The lowest BCUT2D eigenvalue weighted by Crippen LogP contribution is -2.44. The number of nitrogens with zero attached hydrogens (tertiary/aromatic N) is 3. The van der Waals surface area contributed by atoms with Crippen molar-refractivity contribution in [1.82, 2.24) is 20.0 Å². The summed E-state index contributed by atoms with van der Waals surface area (Å²) >= 11 is 12.0. The first kappa shape index (κ1) is 25.7. The van der Waals surface area contributed by atoms with E-state index < -0.39 is 5.41 Å². The molecule has 0 bridgehead atoms. The van der Waals surface area contributed by atoms with Crippen molar-refractivity contribution in [3.63, 3.8) is 0 Å². The number of amides is 4. The molecule has 0 saturated carbocycles. The Hall–Kier alpha value is -2.42. The second-order valence-corrected chi connectivity index (χ2v) is 10.3. The number of rotatable bonds is 6. The van der Waals surface area contributed by atoms with Crippen molar-refractivity contribution in [2.24, 2.45) is 5.41 Å². The first-order valence-corrected chi connectivity index (χ1v) is 12.8. The molecule has 3 fully saturated rings. The maximum atomic E-state index is 12.7. The number of carbonyl (C=O) groups is 4. The van der Waals surface area contributed by atoms with E-state index in [1.165, 1.54) is 6.08 Å². The topological polar surface area (TPSA) is 90.0 Å². The lowest BCUT2D eigenvalue weighted by molar-refractivity contribution is -0.132. The van der Waals surface area contributed by atoms with Gasteiger partial charge in [0.15, 0.2) is 0 Å². The molecule has 188 valence electrons. The number of nitrogens with one attached hydrogen (secondary N) is 1. The highest BCUT2D eigenvalue weighted by atomic mass is 35.5. The number of hydrogen-bond acceptors (Lipinski definition) is 5. The number of halogens is 2. The fourth-order valence-corrected chi connectivity index (χ4v) is 5.30. The van der Waals surface area contributed by atoms with E-state index in [2.05, 4.69) is 10.2 Å². The van der Waals surface area contributed by atoms with Gasteiger partial charge in [-0.2, -0.15) is 0 Å². The molecule has 4 amide bonds. The van der Waals surface area contributed by atoms with E-state index in [9.17, 15) is 19.2 Å². The molecule has 1 spiro atoms. The van der Waals surface area contributed by atoms with Crippen LogP contribution in [0.2, 0.25) is 10.0 Å². The van der Waals surface area contributed by atoms with Crippen LogP contribution in [0, 0.1) is 5.41 Å². The van der Waals surface area contributed by atoms with Crippen LogP contribution in [-0.4, -0.2) is 84.1 Å². The van der Waals surface area contributed by atoms with Crippen LogP contribution in [-0.2, 0) is 19.2 Å². The third-order valence-corrected chi connectivity index (χ3v) is 7.95. The van der Waals surface area contributed by atoms with Gasteiger partial charge in [0.05, 0.1) is 15.5 Å². The average Bonchev–Trinajstić information content (AvgIpc) is 2.98. The molecular weight excluding hydrogens is 491 g/mol. The molecule has 1 aromatic carbocycles. The predicted octanol–water partition coefficient (Wildman–Crippen LogP) is 2.59. The third-order valence-electron chi connectivity index (χ3n) is 7.21. The number of imide groups is 1. The molecule has 3 heterocycles. The highest BCUT2D eigenvalue weighted by Crippen LogP contribution is 2.38. The SMILES string of the molecule is O=C1CC2(CCN(CCCN3CCN(C(=O)/C=C/c4ccc(Cl)c(Cl)c4)CCC3=O)CC2)C(=O)N1. The Morgan fingerprint density at radius 2 is 1.77 bits per heavy atom. The number of benzene rings is 1. The number of hydrogen-bond donors (Lipinski definition) is 1. The van der Waals surface area contributed by atoms with Crippen LogP contribution in [0.3, 0.4) is 0 Å². The lowest BCUT2D eigenvalue weighted by atomic mass is 9.77. The van der Waals surface area contributed by atoms with Gasteiger partial charge in [-0.05, 0) is 62.7 Å². The Morgan fingerprint density at radius 1 is 1.00 bits per heavy atom. The third kappa shape index (κ3) is 6.23. The molecule has 3 aliphatic rings. The van der Waals surface area contributed by atoms with E-state index in [-0.39, 0.29) is 23.6 Å². The zero-order valence-electron chi connectivity index (χ0n) is 19.6. The summed E-state index contributed by atoms with van der Waals surface area (Å²) in [4.78, 5) is 54.8. The Kier molecular flexibility index (Phi) is 8.14. The summed E-state index contributed by atoms with van der Waals surface area (Å²) in [5.41, 5.74) is 0.266. The molecule has 10 heteroatoms. The Labute approximate surface area is 215 Å². The minimum Gasteiger partial charge on any atom is -0.341 e. The molecule has 0 aliphatic carbocycles. The van der Waals surface area contributed by atoms with Crippen LogP contribution in [0.1, 0.15) is 37.7 Å². The zero-order valence-corrected chi connectivity index (χ0v) is 21.1. The summed E-state index contributed by atoms with van der Waals surface area (Å²) in [6.45, 7) is 4.44. The number of likely N-dealkylation sites (tertiary alicyclic amines) is 1. The molecule has 0 atom stereocenters. The van der Waals surface area contributed by atoms with E-state index in [1.807, 2.05) is 4.90 Å². The van der Waals surface area contributed by atoms with Crippen molar-refractivity contribution >= 4 is 52.9 Å². The van der Waals surface area contributed by atoms with Gasteiger partial charge in [-0.3, -0.25) is 24.5 Å². The second-order valence-electron chi connectivity index (χ2n) is 9.49. The van der Waals surface area contributed by atoms with Gasteiger partial charge in [0.2, 0.25) is 23.6 Å². The maximum Gasteiger partial charge on any atom is 0.246 e. The van der Waals surface area contributed by atoms with Crippen LogP contribution in [0.4, 0.5) is 0 Å². The molecule has 0 radical (unpaired) electrons. The van der Waals surface area contributed by atoms with Gasteiger partial charge in [-0.25, -0.2) is 0 Å². The molecule has 1 N–H and O–H groups in total. The Morgan fingerprint density at radius 3 is 2.46 bits per heavy atom. The maximum absolute atomic E-state index is 12.7. The van der Waals surface area contributed by atoms with E-state index in [1.54, 1.807) is 29.2 Å². The molecule has 0 aromatic heterocycles. The van der Waals surface area contributed by atoms with Crippen LogP contribution in [0.25, 0.3) is 6.08 Å². The fraction of sp³-hybridized carbons (Fsp3) is 0.520. The van der Waals surface area contributed by atoms with Gasteiger partial charge in [0, 0.05) is 45.1 Å². The van der Waals surface area contributed by atoms with Crippen molar-refractivity contribution in [3.8, 4) is 0 Å². The summed E-state index contributed by atoms with van der Waals surface area (Å²) in [7, 11) is 0. The number of carbonyl (C=O) groups excluding carboxylic acids is 4. The van der Waals surface area contributed by atoms with Gasteiger partial charge in [0.25, 0.3) is 0 Å². The Balaban J connectivity index is 1.21. The van der Waals surface area contributed by atoms with E-state index >= 15 is 0 Å². The van der Waals surface area contributed by atoms with Crippen molar-refractivity contribution in [1.29, 1.82) is 0 Å². The van der Waals surface area contributed by atoms with Crippen LogP contribution >= 0.6 is 23.2 Å². The summed E-state index contributed by atoms with van der Waals surface area (Å²) in [6, 6.07) is 5.17. The van der Waals surface area contributed by atoms with Crippen molar-refractivity contribution in [2.75, 3.05) is 45.8 Å². The van der Waals surface area contributed by atoms with Crippen LogP contribution in [0.15, 0.2) is 24.3 Å². The highest BCUT2D eigenvalue weighted by molar-refractivity contribution is 6.42. The quantitative estimate of drug-likeness (QED) is 0.459. The first-order chi connectivity index (χ1) is 16.8. The van der Waals surface area contributed by atoms with Crippen LogP contribution < -0.4 is 5.32 Å². The second kappa shape index (κ2) is 11.1. The molecule has 35 heavy (non-hydrogen) atoms. The summed E-state index contributed by atoms with van der Waals surface area (Å²) in [6.07, 6.45) is 6.03. The van der Waals surface area contributed by atoms with Crippen LogP contribution in [0.5, 0.6) is 0 Å². The monoisotopic (exact) mass is 520 g/mol. The lowest BCUT2D eigenvalue weighted by Gasteiger charge is -2.37. The summed E-state index contributed by atoms with van der Waals surface area (Å²) in [5, 5.41) is 3.33. The number of piperidine rings is 1. The predicted molar refractivity (Wildman–Crippen MR) is 134 cm³/mol. The smallest absolute Gasteiger partial charge is 0.246 e. The highest BCUT2D eigenvalue weighted by Gasteiger charge is 2.47. The van der Waals surface area contributed by atoms with Gasteiger partial charge >= 0.3 is 0 Å². The normalized spacial score (nSPS) is 21.1. The molecule has 1 aromatic rings. The summed E-state index contributed by atoms with van der Waals surface area (Å²) < 4.78 is 0.